The Morgan fingerprint density at radius 2 is 2.18 bits per heavy atom. The van der Waals surface area contributed by atoms with Gasteiger partial charge in [0.15, 0.2) is 0 Å². The van der Waals surface area contributed by atoms with Crippen LogP contribution in [-0.2, 0) is 16.3 Å². The summed E-state index contributed by atoms with van der Waals surface area (Å²) < 4.78 is 5.13. The molecule has 0 saturated heterocycles. The Kier molecular flexibility index (Phi) is 6.01. The van der Waals surface area contributed by atoms with E-state index in [9.17, 15) is 4.89 Å². The summed E-state index contributed by atoms with van der Waals surface area (Å²) >= 11 is 6.25. The van der Waals surface area contributed by atoms with E-state index < -0.39 is 5.69 Å². The lowest BCUT2D eigenvalue weighted by Crippen LogP contribution is -1.92. The second kappa shape index (κ2) is 5.55. The van der Waals surface area contributed by atoms with Gasteiger partial charge < -0.3 is 9.42 Å². The number of hydrogen-bond acceptors (Lipinski definition) is 3. The summed E-state index contributed by atoms with van der Waals surface area (Å²) in [5, 5.41) is 0.336. The summed E-state index contributed by atoms with van der Waals surface area (Å²) in [6, 6.07) is 0. The Labute approximate surface area is 77.6 Å². The molecule has 0 bridgehead atoms. The molecule has 1 unspecified atom stereocenters. The van der Waals surface area contributed by atoms with Gasteiger partial charge in [0, 0.05) is 5.25 Å². The van der Waals surface area contributed by atoms with E-state index in [2.05, 4.69) is 0 Å². The summed E-state index contributed by atoms with van der Waals surface area (Å²) in [5.41, 5.74) is -2.52. The van der Waals surface area contributed by atoms with E-state index in [4.69, 9.17) is 16.3 Å². The van der Waals surface area contributed by atoms with Crippen LogP contribution in [0.15, 0.2) is 0 Å². The highest BCUT2D eigenvalue weighted by molar-refractivity contribution is 8.67. The third-order valence-corrected chi connectivity index (χ3v) is 5.47. The highest BCUT2D eigenvalue weighted by Crippen LogP contribution is 2.57. The smallest absolute Gasteiger partial charge is 0.244 e. The van der Waals surface area contributed by atoms with E-state index in [1.807, 2.05) is 20.8 Å². The van der Waals surface area contributed by atoms with Crippen LogP contribution < -0.4 is 0 Å². The average molecular weight is 214 g/mol. The van der Waals surface area contributed by atoms with Gasteiger partial charge in [0.2, 0.25) is 5.69 Å². The fourth-order valence-electron chi connectivity index (χ4n) is 0.503. The fraction of sp³-hybridized carbons (Fsp3) is 1.00. The van der Waals surface area contributed by atoms with Gasteiger partial charge in [0.25, 0.3) is 0 Å². The van der Waals surface area contributed by atoms with Crippen molar-refractivity contribution in [3.63, 3.8) is 0 Å². The van der Waals surface area contributed by atoms with Crippen LogP contribution >= 0.6 is 17.1 Å². The highest BCUT2D eigenvalue weighted by atomic mass is 32.9. The second-order valence-electron chi connectivity index (χ2n) is 2.46. The molecule has 0 spiro atoms. The van der Waals surface area contributed by atoms with Crippen LogP contribution in [0.1, 0.15) is 27.2 Å². The first-order valence-corrected chi connectivity index (χ1v) is 7.79. The molecule has 0 radical (unpaired) electrons. The Hall–Kier alpha value is 0.920. The van der Waals surface area contributed by atoms with Gasteiger partial charge in [-0.25, -0.2) is 0 Å². The van der Waals surface area contributed by atoms with E-state index in [0.29, 0.717) is 11.9 Å². The number of hydrogen-bond donors (Lipinski definition) is 1. The summed E-state index contributed by atoms with van der Waals surface area (Å²) in [7, 11) is 0. The molecule has 0 aromatic heterocycles. The predicted octanol–water partition coefficient (Wildman–Crippen LogP) is 2.77. The zero-order valence-corrected chi connectivity index (χ0v) is 9.64. The lowest BCUT2D eigenvalue weighted by atomic mass is 10.5. The zero-order chi connectivity index (χ0) is 8.91. The molecule has 68 valence electrons. The van der Waals surface area contributed by atoms with Gasteiger partial charge in [-0.05, 0) is 18.2 Å². The minimum absolute atomic E-state index is 0.336. The van der Waals surface area contributed by atoms with Crippen LogP contribution in [0, 0.1) is 0 Å². The SMILES string of the molecule is CCCOP(O)(=S)SC(C)C. The van der Waals surface area contributed by atoms with Crippen LogP contribution in [-0.4, -0.2) is 16.8 Å². The normalized spacial score (nSPS) is 16.8. The van der Waals surface area contributed by atoms with Crippen molar-refractivity contribution >= 4 is 28.9 Å². The zero-order valence-electron chi connectivity index (χ0n) is 7.11. The van der Waals surface area contributed by atoms with Crippen molar-refractivity contribution in [3.8, 4) is 0 Å². The molecule has 0 aromatic rings. The van der Waals surface area contributed by atoms with Gasteiger partial charge in [-0.1, -0.05) is 32.2 Å². The van der Waals surface area contributed by atoms with Gasteiger partial charge in [0.1, 0.15) is 0 Å². The quantitative estimate of drug-likeness (QED) is 0.713. The van der Waals surface area contributed by atoms with Crippen LogP contribution in [0.4, 0.5) is 0 Å². The molecule has 0 heterocycles. The van der Waals surface area contributed by atoms with Crippen LogP contribution in [0.5, 0.6) is 0 Å². The summed E-state index contributed by atoms with van der Waals surface area (Å²) in [5.74, 6) is 0. The standard InChI is InChI=1S/C6H15O2PS2/c1-4-5-8-9(7,10)11-6(2)3/h6H,4-5H2,1-3H3,(H,7,10). The summed E-state index contributed by atoms with van der Waals surface area (Å²) in [6.07, 6.45) is 0.900. The minimum Gasteiger partial charge on any atom is -0.337 e. The molecule has 0 aliphatic carbocycles. The molecular formula is C6H15O2PS2. The Balaban J connectivity index is 3.71. The Morgan fingerprint density at radius 3 is 2.55 bits per heavy atom. The van der Waals surface area contributed by atoms with Gasteiger partial charge in [-0.2, -0.15) is 0 Å². The molecule has 0 aliphatic rings. The molecule has 0 fully saturated rings. The van der Waals surface area contributed by atoms with Crippen LogP contribution in [0.2, 0.25) is 0 Å². The molecule has 2 nitrogen and oxygen atoms in total. The van der Waals surface area contributed by atoms with Gasteiger partial charge in [0.05, 0.1) is 6.61 Å². The summed E-state index contributed by atoms with van der Waals surface area (Å²) in [6.45, 7) is 6.55. The van der Waals surface area contributed by atoms with E-state index >= 15 is 0 Å². The third-order valence-electron chi connectivity index (χ3n) is 0.803. The Bertz CT molecular complexity index is 150. The van der Waals surface area contributed by atoms with Gasteiger partial charge in [-0.15, -0.1) is 0 Å². The molecular weight excluding hydrogens is 199 g/mol. The molecule has 0 amide bonds. The van der Waals surface area contributed by atoms with Crippen molar-refractivity contribution < 1.29 is 9.42 Å². The van der Waals surface area contributed by atoms with Gasteiger partial charge in [-0.3, -0.25) is 0 Å². The highest BCUT2D eigenvalue weighted by Gasteiger charge is 2.15. The largest absolute Gasteiger partial charge is 0.337 e. The van der Waals surface area contributed by atoms with E-state index in [1.165, 1.54) is 11.4 Å². The van der Waals surface area contributed by atoms with Crippen molar-refractivity contribution in [2.24, 2.45) is 0 Å². The van der Waals surface area contributed by atoms with Crippen molar-refractivity contribution in [3.05, 3.63) is 0 Å². The second-order valence-corrected chi connectivity index (χ2v) is 9.10. The maximum Gasteiger partial charge on any atom is 0.244 e. The van der Waals surface area contributed by atoms with Crippen LogP contribution in [0.3, 0.4) is 0 Å². The first-order chi connectivity index (χ1) is 4.98. The van der Waals surface area contributed by atoms with Crippen molar-refractivity contribution in [1.82, 2.24) is 0 Å². The maximum atomic E-state index is 9.48. The van der Waals surface area contributed by atoms with Crippen molar-refractivity contribution in [2.45, 2.75) is 32.4 Å². The minimum atomic E-state index is -2.52. The van der Waals surface area contributed by atoms with Crippen LogP contribution in [0.25, 0.3) is 0 Å². The average Bonchev–Trinajstić information content (AvgIpc) is 1.81. The van der Waals surface area contributed by atoms with Gasteiger partial charge >= 0.3 is 0 Å². The lowest BCUT2D eigenvalue weighted by Gasteiger charge is -2.15. The maximum absolute atomic E-state index is 9.48. The monoisotopic (exact) mass is 214 g/mol. The predicted molar refractivity (Wildman–Crippen MR) is 55.5 cm³/mol. The topological polar surface area (TPSA) is 29.5 Å². The molecule has 0 aromatic carbocycles. The van der Waals surface area contributed by atoms with E-state index in [0.717, 1.165) is 6.42 Å². The van der Waals surface area contributed by atoms with E-state index in [-0.39, 0.29) is 0 Å². The van der Waals surface area contributed by atoms with Crippen molar-refractivity contribution in [2.75, 3.05) is 6.61 Å². The molecule has 0 saturated carbocycles. The first-order valence-electron chi connectivity index (χ1n) is 3.63. The molecule has 1 atom stereocenters. The van der Waals surface area contributed by atoms with Crippen molar-refractivity contribution in [1.29, 1.82) is 0 Å². The number of rotatable bonds is 5. The Morgan fingerprint density at radius 1 is 1.64 bits per heavy atom. The molecule has 0 rings (SSSR count). The molecule has 5 heteroatoms. The third kappa shape index (κ3) is 7.29. The van der Waals surface area contributed by atoms with E-state index in [1.54, 1.807) is 0 Å². The fourth-order valence-corrected chi connectivity index (χ4v) is 5.29. The lowest BCUT2D eigenvalue weighted by molar-refractivity contribution is 0.319. The molecule has 0 aliphatic heterocycles. The summed E-state index contributed by atoms with van der Waals surface area (Å²) in [4.78, 5) is 9.48. The molecule has 1 N–H and O–H groups in total. The first kappa shape index (κ1) is 11.9. The molecule has 11 heavy (non-hydrogen) atoms.